The maximum atomic E-state index is 12.3. The lowest BCUT2D eigenvalue weighted by atomic mass is 10.00. The fourth-order valence-electron chi connectivity index (χ4n) is 1.91. The van der Waals surface area contributed by atoms with Gasteiger partial charge >= 0.3 is 0 Å². The molecular weight excluding hydrogens is 258 g/mol. The third-order valence-corrected chi connectivity index (χ3v) is 3.15. The Morgan fingerprint density at radius 2 is 1.81 bits per heavy atom. The summed E-state index contributed by atoms with van der Waals surface area (Å²) in [5, 5.41) is 3.03. The van der Waals surface area contributed by atoms with E-state index >= 15 is 0 Å². The summed E-state index contributed by atoms with van der Waals surface area (Å²) in [4.78, 5) is 12.3. The van der Waals surface area contributed by atoms with Crippen molar-refractivity contribution >= 4 is 5.91 Å². The van der Waals surface area contributed by atoms with E-state index in [1.807, 2.05) is 36.4 Å². The zero-order valence-electron chi connectivity index (χ0n) is 13.6. The standard InChI is InChI=1S/C19H27NO/c1-15(2)10-12-18(13-11-16(3)4)19(21)20-14-17-8-6-5-7-9-17/h5-12,15,18H,13-14H2,1-4H3,(H,20,21)/b12-10+. The predicted octanol–water partition coefficient (Wildman–Crippen LogP) is 4.49. The number of hydrogen-bond donors (Lipinski definition) is 1. The molecule has 0 aromatic heterocycles. The number of benzene rings is 1. The minimum absolute atomic E-state index is 0.0910. The Morgan fingerprint density at radius 1 is 1.14 bits per heavy atom. The Hall–Kier alpha value is -1.83. The number of hydrogen-bond acceptors (Lipinski definition) is 1. The Morgan fingerprint density at radius 3 is 2.38 bits per heavy atom. The van der Waals surface area contributed by atoms with Gasteiger partial charge in [-0.05, 0) is 31.7 Å². The zero-order chi connectivity index (χ0) is 15.7. The molecule has 0 radical (unpaired) electrons. The molecular formula is C19H27NO. The highest BCUT2D eigenvalue weighted by molar-refractivity contribution is 5.80. The summed E-state index contributed by atoms with van der Waals surface area (Å²) in [6.45, 7) is 8.95. The van der Waals surface area contributed by atoms with Crippen LogP contribution in [0.2, 0.25) is 0 Å². The highest BCUT2D eigenvalue weighted by Crippen LogP contribution is 2.11. The molecule has 0 heterocycles. The van der Waals surface area contributed by atoms with Crippen LogP contribution in [0.4, 0.5) is 0 Å². The van der Waals surface area contributed by atoms with Crippen molar-refractivity contribution < 1.29 is 4.79 Å². The van der Waals surface area contributed by atoms with Crippen LogP contribution in [0.1, 0.15) is 39.7 Å². The number of allylic oxidation sites excluding steroid dienone is 3. The molecule has 1 N–H and O–H groups in total. The smallest absolute Gasteiger partial charge is 0.227 e. The molecule has 1 amide bonds. The van der Waals surface area contributed by atoms with E-state index in [2.05, 4.69) is 45.2 Å². The van der Waals surface area contributed by atoms with Crippen molar-refractivity contribution in [3.8, 4) is 0 Å². The van der Waals surface area contributed by atoms with Crippen molar-refractivity contribution in [1.29, 1.82) is 0 Å². The van der Waals surface area contributed by atoms with E-state index in [1.165, 1.54) is 5.57 Å². The molecule has 1 aromatic carbocycles. The molecule has 1 rings (SSSR count). The average Bonchev–Trinajstić information content (AvgIpc) is 2.45. The van der Waals surface area contributed by atoms with Gasteiger partial charge in [0.2, 0.25) is 5.91 Å². The number of carbonyl (C=O) groups excluding carboxylic acids is 1. The third kappa shape index (κ3) is 7.50. The van der Waals surface area contributed by atoms with Gasteiger partial charge in [0, 0.05) is 6.54 Å². The van der Waals surface area contributed by atoms with E-state index in [-0.39, 0.29) is 11.8 Å². The molecule has 0 saturated heterocycles. The van der Waals surface area contributed by atoms with Crippen molar-refractivity contribution in [3.05, 3.63) is 59.7 Å². The molecule has 0 aliphatic rings. The van der Waals surface area contributed by atoms with Crippen LogP contribution in [0.5, 0.6) is 0 Å². The first-order chi connectivity index (χ1) is 9.99. The number of carbonyl (C=O) groups is 1. The summed E-state index contributed by atoms with van der Waals surface area (Å²) in [5.74, 6) is 0.459. The van der Waals surface area contributed by atoms with Gasteiger partial charge in [-0.1, -0.05) is 68.0 Å². The summed E-state index contributed by atoms with van der Waals surface area (Å²) in [6, 6.07) is 10.0. The molecule has 0 spiro atoms. The fourth-order valence-corrected chi connectivity index (χ4v) is 1.91. The second kappa shape index (κ2) is 9.17. The van der Waals surface area contributed by atoms with Crippen LogP contribution in [0, 0.1) is 11.8 Å². The van der Waals surface area contributed by atoms with Crippen molar-refractivity contribution in [2.45, 2.75) is 40.7 Å². The van der Waals surface area contributed by atoms with Crippen molar-refractivity contribution in [2.75, 3.05) is 0 Å². The second-order valence-electron chi connectivity index (χ2n) is 5.96. The van der Waals surface area contributed by atoms with Gasteiger partial charge in [-0.2, -0.15) is 0 Å². The van der Waals surface area contributed by atoms with Gasteiger partial charge in [-0.15, -0.1) is 0 Å². The number of amides is 1. The predicted molar refractivity (Wildman–Crippen MR) is 89.8 cm³/mol. The summed E-state index contributed by atoms with van der Waals surface area (Å²) < 4.78 is 0. The molecule has 1 unspecified atom stereocenters. The van der Waals surface area contributed by atoms with Gasteiger partial charge in [0.25, 0.3) is 0 Å². The van der Waals surface area contributed by atoms with E-state index in [1.54, 1.807) is 0 Å². The molecule has 0 aliphatic carbocycles. The lowest BCUT2D eigenvalue weighted by molar-refractivity contribution is -0.123. The van der Waals surface area contributed by atoms with Crippen LogP contribution in [-0.2, 0) is 11.3 Å². The Balaban J connectivity index is 2.63. The van der Waals surface area contributed by atoms with Crippen LogP contribution in [0.15, 0.2) is 54.1 Å². The maximum Gasteiger partial charge on any atom is 0.227 e. The molecule has 0 fully saturated rings. The summed E-state index contributed by atoms with van der Waals surface area (Å²) in [6.07, 6.45) is 7.01. The van der Waals surface area contributed by atoms with Crippen molar-refractivity contribution in [3.63, 3.8) is 0 Å². The summed E-state index contributed by atoms with van der Waals surface area (Å²) >= 11 is 0. The first kappa shape index (κ1) is 17.2. The molecule has 0 aliphatic heterocycles. The van der Waals surface area contributed by atoms with Crippen LogP contribution >= 0.6 is 0 Å². The lowest BCUT2D eigenvalue weighted by Gasteiger charge is -2.12. The molecule has 21 heavy (non-hydrogen) atoms. The topological polar surface area (TPSA) is 29.1 Å². The SMILES string of the molecule is CC(C)=CCC(/C=C/C(C)C)C(=O)NCc1ccccc1. The van der Waals surface area contributed by atoms with E-state index in [4.69, 9.17) is 0 Å². The highest BCUT2D eigenvalue weighted by atomic mass is 16.1. The lowest BCUT2D eigenvalue weighted by Crippen LogP contribution is -2.29. The van der Waals surface area contributed by atoms with E-state index in [0.717, 1.165) is 12.0 Å². The molecule has 0 bridgehead atoms. The fraction of sp³-hybridized carbons (Fsp3) is 0.421. The van der Waals surface area contributed by atoms with Gasteiger partial charge in [0.15, 0.2) is 0 Å². The Kier molecular flexibility index (Phi) is 7.52. The molecule has 2 heteroatoms. The summed E-state index contributed by atoms with van der Waals surface area (Å²) in [5.41, 5.74) is 2.37. The largest absolute Gasteiger partial charge is 0.352 e. The molecule has 1 aromatic rings. The normalized spacial score (nSPS) is 12.4. The third-order valence-electron chi connectivity index (χ3n) is 3.15. The molecule has 0 saturated carbocycles. The quantitative estimate of drug-likeness (QED) is 0.735. The average molecular weight is 285 g/mol. The molecule has 114 valence electrons. The van der Waals surface area contributed by atoms with Gasteiger partial charge in [0.05, 0.1) is 5.92 Å². The molecule has 1 atom stereocenters. The van der Waals surface area contributed by atoms with E-state index in [0.29, 0.717) is 12.5 Å². The van der Waals surface area contributed by atoms with E-state index < -0.39 is 0 Å². The highest BCUT2D eigenvalue weighted by Gasteiger charge is 2.13. The van der Waals surface area contributed by atoms with Gasteiger partial charge in [-0.25, -0.2) is 0 Å². The van der Waals surface area contributed by atoms with Crippen LogP contribution in [0.3, 0.4) is 0 Å². The zero-order valence-corrected chi connectivity index (χ0v) is 13.6. The first-order valence-corrected chi connectivity index (χ1v) is 7.62. The van der Waals surface area contributed by atoms with Crippen molar-refractivity contribution in [1.82, 2.24) is 5.32 Å². The van der Waals surface area contributed by atoms with Crippen molar-refractivity contribution in [2.24, 2.45) is 11.8 Å². The molecule has 2 nitrogen and oxygen atoms in total. The van der Waals surface area contributed by atoms with E-state index in [9.17, 15) is 4.79 Å². The van der Waals surface area contributed by atoms with Crippen LogP contribution < -0.4 is 5.32 Å². The summed E-state index contributed by atoms with van der Waals surface area (Å²) in [7, 11) is 0. The van der Waals surface area contributed by atoms with Gasteiger partial charge in [0.1, 0.15) is 0 Å². The number of rotatable bonds is 7. The maximum absolute atomic E-state index is 12.3. The van der Waals surface area contributed by atoms with Gasteiger partial charge < -0.3 is 5.32 Å². The Bertz CT molecular complexity index is 482. The monoisotopic (exact) mass is 285 g/mol. The number of nitrogens with one attached hydrogen (secondary N) is 1. The first-order valence-electron chi connectivity index (χ1n) is 7.62. The van der Waals surface area contributed by atoms with Crippen LogP contribution in [-0.4, -0.2) is 5.91 Å². The Labute approximate surface area is 129 Å². The minimum Gasteiger partial charge on any atom is -0.352 e. The van der Waals surface area contributed by atoms with Gasteiger partial charge in [-0.3, -0.25) is 4.79 Å². The second-order valence-corrected chi connectivity index (χ2v) is 5.96. The minimum atomic E-state index is -0.0917. The van der Waals surface area contributed by atoms with Crippen LogP contribution in [0.25, 0.3) is 0 Å².